The number of benzene rings is 6. The van der Waals surface area contributed by atoms with E-state index >= 15 is 0 Å². The number of fused-ring (bicyclic) bond motifs is 3. The highest BCUT2D eigenvalue weighted by Crippen LogP contribution is 2.44. The van der Waals surface area contributed by atoms with Crippen molar-refractivity contribution in [2.24, 2.45) is 0 Å². The summed E-state index contributed by atoms with van der Waals surface area (Å²) in [6, 6.07) is 46.0. The Kier molecular flexibility index (Phi) is 4.85. The van der Waals surface area contributed by atoms with Gasteiger partial charge in [-0.15, -0.1) is 0 Å². The summed E-state index contributed by atoms with van der Waals surface area (Å²) in [5.74, 6) is 0. The van der Waals surface area contributed by atoms with Crippen LogP contribution in [0.3, 0.4) is 0 Å². The number of aromatic nitrogens is 1. The molecule has 0 saturated carbocycles. The van der Waals surface area contributed by atoms with Crippen LogP contribution in [0.15, 0.2) is 140 Å². The van der Waals surface area contributed by atoms with Gasteiger partial charge in [-0.3, -0.25) is 4.98 Å². The zero-order valence-corrected chi connectivity index (χ0v) is 19.7. The van der Waals surface area contributed by atoms with Crippen molar-refractivity contribution >= 4 is 32.3 Å². The van der Waals surface area contributed by atoms with Gasteiger partial charge in [0, 0.05) is 18.0 Å². The molecule has 0 atom stereocenters. The monoisotopic (exact) mass is 457 g/mol. The maximum absolute atomic E-state index is 4.33. The second-order valence-corrected chi connectivity index (χ2v) is 9.23. The van der Waals surface area contributed by atoms with Gasteiger partial charge in [-0.05, 0) is 78.3 Å². The lowest BCUT2D eigenvalue weighted by Crippen LogP contribution is -1.91. The van der Waals surface area contributed by atoms with Crippen molar-refractivity contribution in [3.63, 3.8) is 0 Å². The van der Waals surface area contributed by atoms with E-state index in [1.54, 1.807) is 0 Å². The van der Waals surface area contributed by atoms with E-state index in [9.17, 15) is 0 Å². The van der Waals surface area contributed by atoms with Crippen LogP contribution < -0.4 is 0 Å². The first-order chi connectivity index (χ1) is 17.9. The molecule has 0 fully saturated rings. The quantitative estimate of drug-likeness (QED) is 0.241. The van der Waals surface area contributed by atoms with Crippen molar-refractivity contribution in [2.45, 2.75) is 0 Å². The third-order valence-electron chi connectivity index (χ3n) is 7.12. The molecule has 168 valence electrons. The first kappa shape index (κ1) is 20.6. The highest BCUT2D eigenvalue weighted by molar-refractivity contribution is 6.21. The molecule has 1 aromatic heterocycles. The van der Waals surface area contributed by atoms with Crippen molar-refractivity contribution in [3.05, 3.63) is 140 Å². The second-order valence-electron chi connectivity index (χ2n) is 9.23. The first-order valence-electron chi connectivity index (χ1n) is 12.3. The fraction of sp³-hybridized carbons (Fsp3) is 0. The zero-order chi connectivity index (χ0) is 23.9. The Morgan fingerprint density at radius 2 is 0.917 bits per heavy atom. The summed E-state index contributed by atoms with van der Waals surface area (Å²) in [5, 5.41) is 7.60. The molecule has 0 bridgehead atoms. The normalized spacial score (nSPS) is 11.3. The van der Waals surface area contributed by atoms with E-state index in [0.717, 1.165) is 5.56 Å². The molecule has 1 heterocycles. The average molecular weight is 458 g/mol. The molecule has 1 nitrogen and oxygen atoms in total. The molecule has 7 rings (SSSR count). The summed E-state index contributed by atoms with van der Waals surface area (Å²) in [6.45, 7) is 0. The van der Waals surface area contributed by atoms with Gasteiger partial charge in [-0.25, -0.2) is 0 Å². The van der Waals surface area contributed by atoms with Crippen LogP contribution in [-0.4, -0.2) is 4.98 Å². The largest absolute Gasteiger partial charge is 0.264 e. The molecule has 0 radical (unpaired) electrons. The molecule has 0 amide bonds. The van der Waals surface area contributed by atoms with E-state index in [-0.39, 0.29) is 0 Å². The smallest absolute Gasteiger partial charge is 0.0346 e. The number of rotatable bonds is 3. The maximum atomic E-state index is 4.33. The number of hydrogen-bond donors (Lipinski definition) is 0. The summed E-state index contributed by atoms with van der Waals surface area (Å²) in [6.07, 6.45) is 3.75. The lowest BCUT2D eigenvalue weighted by molar-refractivity contribution is 1.33. The third kappa shape index (κ3) is 3.37. The predicted molar refractivity (Wildman–Crippen MR) is 153 cm³/mol. The minimum absolute atomic E-state index is 1.13. The highest BCUT2D eigenvalue weighted by atomic mass is 14.6. The Hall–Kier alpha value is -4.75. The van der Waals surface area contributed by atoms with Crippen molar-refractivity contribution in [1.82, 2.24) is 4.98 Å². The Morgan fingerprint density at radius 1 is 0.361 bits per heavy atom. The lowest BCUT2D eigenvalue weighted by Gasteiger charge is -2.18. The van der Waals surface area contributed by atoms with Crippen LogP contribution in [0.5, 0.6) is 0 Å². The molecule has 0 aliphatic rings. The molecule has 7 aromatic rings. The Labute approximate surface area is 210 Å². The van der Waals surface area contributed by atoms with Gasteiger partial charge >= 0.3 is 0 Å². The maximum Gasteiger partial charge on any atom is 0.0346 e. The number of hydrogen-bond acceptors (Lipinski definition) is 1. The third-order valence-corrected chi connectivity index (χ3v) is 7.12. The van der Waals surface area contributed by atoms with Gasteiger partial charge < -0.3 is 0 Å². The van der Waals surface area contributed by atoms with E-state index < -0.39 is 0 Å². The van der Waals surface area contributed by atoms with Crippen molar-refractivity contribution in [3.8, 4) is 33.4 Å². The van der Waals surface area contributed by atoms with E-state index in [1.807, 2.05) is 18.5 Å². The summed E-state index contributed by atoms with van der Waals surface area (Å²) in [7, 11) is 0. The fourth-order valence-electron chi connectivity index (χ4n) is 5.48. The lowest BCUT2D eigenvalue weighted by atomic mass is 9.85. The topological polar surface area (TPSA) is 12.9 Å². The van der Waals surface area contributed by atoms with Crippen molar-refractivity contribution < 1.29 is 0 Å². The second kappa shape index (κ2) is 8.48. The van der Waals surface area contributed by atoms with Crippen LogP contribution in [0.25, 0.3) is 65.7 Å². The first-order valence-corrected chi connectivity index (χ1v) is 12.3. The molecule has 0 saturated heterocycles. The minimum Gasteiger partial charge on any atom is -0.264 e. The summed E-state index contributed by atoms with van der Waals surface area (Å²) >= 11 is 0. The fourth-order valence-corrected chi connectivity index (χ4v) is 5.48. The molecule has 6 aromatic carbocycles. The van der Waals surface area contributed by atoms with Gasteiger partial charge in [0.15, 0.2) is 0 Å². The molecule has 0 aliphatic heterocycles. The van der Waals surface area contributed by atoms with Crippen molar-refractivity contribution in [2.75, 3.05) is 0 Å². The Bertz CT molecular complexity index is 1830. The van der Waals surface area contributed by atoms with Crippen LogP contribution in [0.1, 0.15) is 0 Å². The highest BCUT2D eigenvalue weighted by Gasteiger charge is 2.17. The number of nitrogens with zero attached hydrogens (tertiary/aromatic N) is 1. The summed E-state index contributed by atoms with van der Waals surface area (Å²) < 4.78 is 0. The average Bonchev–Trinajstić information content (AvgIpc) is 2.96. The van der Waals surface area contributed by atoms with E-state index in [4.69, 9.17) is 0 Å². The van der Waals surface area contributed by atoms with Gasteiger partial charge in [0.25, 0.3) is 0 Å². The van der Waals surface area contributed by atoms with E-state index in [1.165, 1.54) is 60.1 Å². The van der Waals surface area contributed by atoms with Crippen LogP contribution in [0.4, 0.5) is 0 Å². The van der Waals surface area contributed by atoms with Gasteiger partial charge in [-0.2, -0.15) is 0 Å². The molecule has 0 aliphatic carbocycles. The molecule has 0 N–H and O–H groups in total. The molecule has 0 unspecified atom stereocenters. The number of pyridine rings is 1. The standard InChI is InChI=1S/C35H23N/c1-2-10-25-21-28(19-18-24(25)9-1)35-32-16-5-3-14-30(32)34(31-15-4-6-17-33(31)35)27-12-7-11-26(22-27)29-13-8-20-36-23-29/h1-23H. The van der Waals surface area contributed by atoms with Crippen LogP contribution in [0, 0.1) is 0 Å². The van der Waals surface area contributed by atoms with Crippen LogP contribution >= 0.6 is 0 Å². The molecule has 36 heavy (non-hydrogen) atoms. The molecular weight excluding hydrogens is 434 g/mol. The predicted octanol–water partition coefficient (Wildman–Crippen LogP) is 9.54. The van der Waals surface area contributed by atoms with Crippen LogP contribution in [-0.2, 0) is 0 Å². The molecular formula is C35H23N. The van der Waals surface area contributed by atoms with E-state index in [2.05, 4.69) is 126 Å². The zero-order valence-electron chi connectivity index (χ0n) is 19.7. The summed E-state index contributed by atoms with van der Waals surface area (Å²) in [4.78, 5) is 4.33. The van der Waals surface area contributed by atoms with Gasteiger partial charge in [0.1, 0.15) is 0 Å². The van der Waals surface area contributed by atoms with Crippen LogP contribution in [0.2, 0.25) is 0 Å². The van der Waals surface area contributed by atoms with E-state index in [0.29, 0.717) is 0 Å². The Balaban J connectivity index is 1.55. The molecule has 1 heteroatoms. The van der Waals surface area contributed by atoms with Gasteiger partial charge in [0.05, 0.1) is 0 Å². The minimum atomic E-state index is 1.13. The van der Waals surface area contributed by atoms with Gasteiger partial charge in [0.2, 0.25) is 0 Å². The SMILES string of the molecule is c1cncc(-c2cccc(-c3c4ccccc4c(-c4ccc5ccccc5c4)c4ccccc34)c2)c1. The molecule has 0 spiro atoms. The Morgan fingerprint density at radius 3 is 1.56 bits per heavy atom. The van der Waals surface area contributed by atoms with Crippen molar-refractivity contribution in [1.29, 1.82) is 0 Å². The summed E-state index contributed by atoms with van der Waals surface area (Å²) in [5.41, 5.74) is 7.33. The van der Waals surface area contributed by atoms with Gasteiger partial charge in [-0.1, -0.05) is 109 Å².